The van der Waals surface area contributed by atoms with Crippen LogP contribution >= 0.6 is 0 Å². The van der Waals surface area contributed by atoms with Crippen LogP contribution < -0.4 is 5.32 Å². The summed E-state index contributed by atoms with van der Waals surface area (Å²) >= 11 is 0. The van der Waals surface area contributed by atoms with Crippen LogP contribution in [0.3, 0.4) is 0 Å². The van der Waals surface area contributed by atoms with Crippen molar-refractivity contribution in [3.8, 4) is 0 Å². The molecule has 0 aliphatic heterocycles. The zero-order chi connectivity index (χ0) is 8.97. The minimum Gasteiger partial charge on any atom is -0.375 e. The number of nitrogens with one attached hydrogen (secondary N) is 1. The molecule has 2 nitrogen and oxygen atoms in total. The summed E-state index contributed by atoms with van der Waals surface area (Å²) in [5.41, 5.74) is 0. The number of hydrogen-bond donors (Lipinski definition) is 1. The van der Waals surface area contributed by atoms with Crippen LogP contribution in [-0.2, 0) is 4.74 Å². The maximum Gasteiger partial charge on any atom is 0.0608 e. The molecule has 1 aliphatic rings. The van der Waals surface area contributed by atoms with Crippen LogP contribution in [0.25, 0.3) is 0 Å². The second-order valence-corrected chi connectivity index (χ2v) is 3.93. The maximum atomic E-state index is 5.66. The van der Waals surface area contributed by atoms with E-state index in [1.165, 1.54) is 19.3 Å². The molecule has 1 saturated carbocycles. The van der Waals surface area contributed by atoms with Gasteiger partial charge in [0.2, 0.25) is 0 Å². The molecular formula is C10H21NO. The topological polar surface area (TPSA) is 21.3 Å². The van der Waals surface area contributed by atoms with Crippen molar-refractivity contribution in [2.24, 2.45) is 0 Å². The van der Waals surface area contributed by atoms with Gasteiger partial charge in [-0.1, -0.05) is 6.92 Å². The highest BCUT2D eigenvalue weighted by Crippen LogP contribution is 2.24. The number of ether oxygens (including phenoxy) is 1. The molecule has 0 unspecified atom stereocenters. The van der Waals surface area contributed by atoms with E-state index >= 15 is 0 Å². The van der Waals surface area contributed by atoms with Crippen molar-refractivity contribution in [1.82, 2.24) is 5.32 Å². The van der Waals surface area contributed by atoms with E-state index in [0.717, 1.165) is 12.6 Å². The molecule has 0 bridgehead atoms. The molecule has 1 fully saturated rings. The summed E-state index contributed by atoms with van der Waals surface area (Å²) in [6.07, 6.45) is 4.56. The predicted molar refractivity (Wildman–Crippen MR) is 51.3 cm³/mol. The Labute approximate surface area is 75.7 Å². The summed E-state index contributed by atoms with van der Waals surface area (Å²) in [4.78, 5) is 0. The SMILES string of the molecule is CCCNC1CC(OC(C)C)C1. The first-order chi connectivity index (χ1) is 5.72. The molecule has 12 heavy (non-hydrogen) atoms. The molecule has 72 valence electrons. The molecule has 0 aromatic carbocycles. The first kappa shape index (κ1) is 10.0. The third-order valence-electron chi connectivity index (χ3n) is 2.24. The van der Waals surface area contributed by atoms with Gasteiger partial charge in [0.25, 0.3) is 0 Å². The summed E-state index contributed by atoms with van der Waals surface area (Å²) in [6.45, 7) is 7.56. The van der Waals surface area contributed by atoms with Gasteiger partial charge in [0.05, 0.1) is 12.2 Å². The summed E-state index contributed by atoms with van der Waals surface area (Å²) in [7, 11) is 0. The Bertz CT molecular complexity index is 119. The van der Waals surface area contributed by atoms with Gasteiger partial charge in [-0.05, 0) is 39.7 Å². The predicted octanol–water partition coefficient (Wildman–Crippen LogP) is 1.94. The van der Waals surface area contributed by atoms with Gasteiger partial charge in [-0.15, -0.1) is 0 Å². The average Bonchev–Trinajstić information content (AvgIpc) is 1.93. The second kappa shape index (κ2) is 4.83. The fourth-order valence-electron chi connectivity index (χ4n) is 1.58. The maximum absolute atomic E-state index is 5.66. The molecule has 0 radical (unpaired) electrons. The third kappa shape index (κ3) is 3.11. The van der Waals surface area contributed by atoms with Gasteiger partial charge >= 0.3 is 0 Å². The van der Waals surface area contributed by atoms with Crippen molar-refractivity contribution in [2.45, 2.75) is 58.3 Å². The Morgan fingerprint density at radius 3 is 2.58 bits per heavy atom. The molecule has 0 spiro atoms. The highest BCUT2D eigenvalue weighted by molar-refractivity contribution is 4.86. The van der Waals surface area contributed by atoms with E-state index < -0.39 is 0 Å². The van der Waals surface area contributed by atoms with Crippen molar-refractivity contribution >= 4 is 0 Å². The van der Waals surface area contributed by atoms with Crippen molar-refractivity contribution in [2.75, 3.05) is 6.54 Å². The zero-order valence-electron chi connectivity index (χ0n) is 8.47. The molecule has 0 saturated heterocycles. The minimum atomic E-state index is 0.391. The second-order valence-electron chi connectivity index (χ2n) is 3.93. The monoisotopic (exact) mass is 171 g/mol. The van der Waals surface area contributed by atoms with E-state index in [-0.39, 0.29) is 0 Å². The van der Waals surface area contributed by atoms with Crippen LogP contribution in [0.15, 0.2) is 0 Å². The quantitative estimate of drug-likeness (QED) is 0.682. The largest absolute Gasteiger partial charge is 0.375 e. The molecule has 0 aromatic rings. The van der Waals surface area contributed by atoms with Crippen LogP contribution in [0.1, 0.15) is 40.0 Å². The lowest BCUT2D eigenvalue weighted by Gasteiger charge is -2.36. The van der Waals surface area contributed by atoms with Gasteiger partial charge < -0.3 is 10.1 Å². The van der Waals surface area contributed by atoms with E-state index in [2.05, 4.69) is 26.1 Å². The van der Waals surface area contributed by atoms with Gasteiger partial charge in [-0.25, -0.2) is 0 Å². The molecule has 0 heterocycles. The molecule has 1 rings (SSSR count). The fraction of sp³-hybridized carbons (Fsp3) is 1.00. The van der Waals surface area contributed by atoms with Crippen molar-refractivity contribution in [1.29, 1.82) is 0 Å². The molecule has 0 atom stereocenters. The van der Waals surface area contributed by atoms with Crippen LogP contribution in [0.5, 0.6) is 0 Å². The van der Waals surface area contributed by atoms with Crippen LogP contribution in [0.4, 0.5) is 0 Å². The zero-order valence-corrected chi connectivity index (χ0v) is 8.47. The minimum absolute atomic E-state index is 0.391. The van der Waals surface area contributed by atoms with E-state index in [9.17, 15) is 0 Å². The van der Waals surface area contributed by atoms with E-state index in [4.69, 9.17) is 4.74 Å². The van der Waals surface area contributed by atoms with Crippen molar-refractivity contribution in [3.63, 3.8) is 0 Å². The Balaban J connectivity index is 1.96. The Morgan fingerprint density at radius 2 is 2.08 bits per heavy atom. The molecular weight excluding hydrogens is 150 g/mol. The number of rotatable bonds is 5. The summed E-state index contributed by atoms with van der Waals surface area (Å²) < 4.78 is 5.66. The van der Waals surface area contributed by atoms with Crippen LogP contribution in [0.2, 0.25) is 0 Å². The smallest absolute Gasteiger partial charge is 0.0608 e. The lowest BCUT2D eigenvalue weighted by atomic mass is 9.89. The molecule has 0 aromatic heterocycles. The van der Waals surface area contributed by atoms with E-state index in [0.29, 0.717) is 12.2 Å². The first-order valence-electron chi connectivity index (χ1n) is 5.11. The Kier molecular flexibility index (Phi) is 4.02. The van der Waals surface area contributed by atoms with Crippen LogP contribution in [-0.4, -0.2) is 24.8 Å². The van der Waals surface area contributed by atoms with E-state index in [1.54, 1.807) is 0 Å². The molecule has 0 amide bonds. The Hall–Kier alpha value is -0.0800. The first-order valence-corrected chi connectivity index (χ1v) is 5.11. The van der Waals surface area contributed by atoms with E-state index in [1.807, 2.05) is 0 Å². The normalized spacial score (nSPS) is 29.0. The molecule has 1 N–H and O–H groups in total. The average molecular weight is 171 g/mol. The van der Waals surface area contributed by atoms with Crippen LogP contribution in [0, 0.1) is 0 Å². The lowest BCUT2D eigenvalue weighted by molar-refractivity contribution is -0.0496. The van der Waals surface area contributed by atoms with Gasteiger partial charge in [-0.3, -0.25) is 0 Å². The van der Waals surface area contributed by atoms with Gasteiger partial charge in [0, 0.05) is 6.04 Å². The summed E-state index contributed by atoms with van der Waals surface area (Å²) in [5.74, 6) is 0. The molecule has 2 heteroatoms. The molecule has 1 aliphatic carbocycles. The third-order valence-corrected chi connectivity index (χ3v) is 2.24. The van der Waals surface area contributed by atoms with Crippen molar-refractivity contribution < 1.29 is 4.74 Å². The standard InChI is InChI=1S/C10H21NO/c1-4-5-11-9-6-10(7-9)12-8(2)3/h8-11H,4-7H2,1-3H3. The van der Waals surface area contributed by atoms with Gasteiger partial charge in [-0.2, -0.15) is 0 Å². The summed E-state index contributed by atoms with van der Waals surface area (Å²) in [5, 5.41) is 3.49. The summed E-state index contributed by atoms with van der Waals surface area (Å²) in [6, 6.07) is 0.730. The van der Waals surface area contributed by atoms with Gasteiger partial charge in [0.15, 0.2) is 0 Å². The van der Waals surface area contributed by atoms with Gasteiger partial charge in [0.1, 0.15) is 0 Å². The highest BCUT2D eigenvalue weighted by Gasteiger charge is 2.29. The Morgan fingerprint density at radius 1 is 1.42 bits per heavy atom. The highest BCUT2D eigenvalue weighted by atomic mass is 16.5. The van der Waals surface area contributed by atoms with Crippen molar-refractivity contribution in [3.05, 3.63) is 0 Å². The number of hydrogen-bond acceptors (Lipinski definition) is 2. The lowest BCUT2D eigenvalue weighted by Crippen LogP contribution is -2.46. The fourth-order valence-corrected chi connectivity index (χ4v) is 1.58.